The maximum atomic E-state index is 14.7. The molecule has 2 heterocycles. The van der Waals surface area contributed by atoms with Crippen LogP contribution < -0.4 is 10.2 Å². The van der Waals surface area contributed by atoms with Gasteiger partial charge in [0.2, 0.25) is 5.91 Å². The van der Waals surface area contributed by atoms with Crippen LogP contribution in [0.1, 0.15) is 69.5 Å². The zero-order valence-corrected chi connectivity index (χ0v) is 19.5. The number of carbonyl (C=O) groups is 1. The number of nitrogens with zero attached hydrogens (tertiary/aromatic N) is 3. The van der Waals surface area contributed by atoms with Crippen LogP contribution in [0.2, 0.25) is 0 Å². The molecule has 0 aliphatic carbocycles. The van der Waals surface area contributed by atoms with Gasteiger partial charge in [-0.3, -0.25) is 4.79 Å². The second-order valence-electron chi connectivity index (χ2n) is 9.36. The molecule has 3 aromatic rings. The summed E-state index contributed by atoms with van der Waals surface area (Å²) in [4.78, 5) is 14.9. The van der Waals surface area contributed by atoms with Crippen LogP contribution >= 0.6 is 0 Å². The normalized spacial score (nSPS) is 16.1. The molecule has 1 aliphatic rings. The molecule has 4 rings (SSSR count). The fourth-order valence-corrected chi connectivity index (χ4v) is 4.52. The highest BCUT2D eigenvalue weighted by Gasteiger charge is 2.45. The van der Waals surface area contributed by atoms with Crippen LogP contribution in [-0.2, 0) is 10.2 Å². The fraction of sp³-hybridized carbons (Fsp3) is 0.400. The number of nitrogens with one attached hydrogen (secondary N) is 1. The van der Waals surface area contributed by atoms with Crippen molar-refractivity contribution in [1.29, 1.82) is 0 Å². The Hall–Kier alpha value is -3.16. The van der Waals surface area contributed by atoms with Crippen molar-refractivity contribution in [2.24, 2.45) is 0 Å². The molecule has 1 atom stereocenters. The second-order valence-corrected chi connectivity index (χ2v) is 9.36. The smallest absolute Gasteiger partial charge is 0.266 e. The Kier molecular flexibility index (Phi) is 5.58. The molecule has 174 valence electrons. The Morgan fingerprint density at radius 1 is 1.03 bits per heavy atom. The standard InChI is InChI=1S/C25H27F3N4O/c1-12(2)32-20-11-18-17(10-19(20)25(5,6)24(32)33)14(4)30-31-23(18)29-13(3)15-8-7-9-16(21(15)26)22(27)28/h7-13,22H,1-6H3,(H,29,31)/t13-/m1/s1. The number of aryl methyl sites for hydroxylation is 1. The Morgan fingerprint density at radius 3 is 2.33 bits per heavy atom. The maximum absolute atomic E-state index is 14.7. The van der Waals surface area contributed by atoms with Gasteiger partial charge < -0.3 is 10.2 Å². The van der Waals surface area contributed by atoms with Crippen LogP contribution in [0.15, 0.2) is 30.3 Å². The Morgan fingerprint density at radius 2 is 1.70 bits per heavy atom. The number of fused-ring (bicyclic) bond motifs is 2. The molecule has 0 spiro atoms. The maximum Gasteiger partial charge on any atom is 0.266 e. The Labute approximate surface area is 191 Å². The van der Waals surface area contributed by atoms with Gasteiger partial charge in [-0.15, -0.1) is 5.10 Å². The topological polar surface area (TPSA) is 58.1 Å². The van der Waals surface area contributed by atoms with Crippen LogP contribution in [0.25, 0.3) is 10.8 Å². The average molecular weight is 457 g/mol. The highest BCUT2D eigenvalue weighted by Crippen LogP contribution is 2.45. The molecular formula is C25H27F3N4O. The first-order valence-corrected chi connectivity index (χ1v) is 10.9. The minimum absolute atomic E-state index is 0.0233. The summed E-state index contributed by atoms with van der Waals surface area (Å²) >= 11 is 0. The number of benzene rings is 2. The predicted molar refractivity (Wildman–Crippen MR) is 123 cm³/mol. The van der Waals surface area contributed by atoms with Gasteiger partial charge in [0.05, 0.1) is 22.7 Å². The summed E-state index contributed by atoms with van der Waals surface area (Å²) in [6, 6.07) is 7.19. The van der Waals surface area contributed by atoms with E-state index in [1.54, 1.807) is 11.8 Å². The van der Waals surface area contributed by atoms with E-state index in [1.807, 2.05) is 46.8 Å². The monoisotopic (exact) mass is 456 g/mol. The molecule has 1 aromatic heterocycles. The van der Waals surface area contributed by atoms with E-state index in [2.05, 4.69) is 15.5 Å². The molecule has 1 aliphatic heterocycles. The number of anilines is 2. The van der Waals surface area contributed by atoms with Gasteiger partial charge in [-0.1, -0.05) is 18.2 Å². The van der Waals surface area contributed by atoms with Gasteiger partial charge in [-0.25, -0.2) is 13.2 Å². The summed E-state index contributed by atoms with van der Waals surface area (Å²) in [7, 11) is 0. The first-order chi connectivity index (χ1) is 15.4. The number of alkyl halides is 2. The van der Waals surface area contributed by atoms with Gasteiger partial charge in [-0.05, 0) is 59.2 Å². The lowest BCUT2D eigenvalue weighted by atomic mass is 9.85. The number of hydrogen-bond acceptors (Lipinski definition) is 4. The SMILES string of the molecule is Cc1nnc(N[C@H](C)c2cccc(C(F)F)c2F)c2cc3c(cc12)C(C)(C)C(=O)N3C(C)C. The summed E-state index contributed by atoms with van der Waals surface area (Å²) in [5.74, 6) is -0.514. The molecule has 1 amide bonds. The molecule has 0 unspecified atom stereocenters. The number of rotatable bonds is 5. The van der Waals surface area contributed by atoms with E-state index in [9.17, 15) is 18.0 Å². The summed E-state index contributed by atoms with van der Waals surface area (Å²) in [5.41, 5.74) is 1.23. The van der Waals surface area contributed by atoms with E-state index in [0.29, 0.717) is 11.5 Å². The summed E-state index contributed by atoms with van der Waals surface area (Å²) in [6.45, 7) is 11.3. The predicted octanol–water partition coefficient (Wildman–Crippen LogP) is 6.22. The van der Waals surface area contributed by atoms with Crippen molar-refractivity contribution in [3.8, 4) is 0 Å². The van der Waals surface area contributed by atoms with E-state index in [0.717, 1.165) is 28.1 Å². The third kappa shape index (κ3) is 3.61. The van der Waals surface area contributed by atoms with Crippen molar-refractivity contribution in [2.75, 3.05) is 10.2 Å². The molecular weight excluding hydrogens is 429 g/mol. The van der Waals surface area contributed by atoms with Gasteiger partial charge in [0, 0.05) is 28.1 Å². The van der Waals surface area contributed by atoms with Crippen molar-refractivity contribution >= 4 is 28.2 Å². The van der Waals surface area contributed by atoms with Gasteiger partial charge in [0.15, 0.2) is 5.82 Å². The minimum atomic E-state index is -2.90. The first-order valence-electron chi connectivity index (χ1n) is 10.9. The molecule has 8 heteroatoms. The van der Waals surface area contributed by atoms with Gasteiger partial charge in [0.1, 0.15) is 5.82 Å². The second kappa shape index (κ2) is 8.01. The highest BCUT2D eigenvalue weighted by molar-refractivity contribution is 6.11. The van der Waals surface area contributed by atoms with Crippen LogP contribution in [-0.4, -0.2) is 22.1 Å². The van der Waals surface area contributed by atoms with Crippen molar-refractivity contribution in [1.82, 2.24) is 10.2 Å². The minimum Gasteiger partial charge on any atom is -0.361 e. The molecule has 0 bridgehead atoms. The van der Waals surface area contributed by atoms with Crippen LogP contribution in [0.3, 0.4) is 0 Å². The first kappa shape index (κ1) is 23.0. The van der Waals surface area contributed by atoms with Crippen molar-refractivity contribution in [3.05, 3.63) is 58.5 Å². The lowest BCUT2D eigenvalue weighted by molar-refractivity contribution is -0.122. The van der Waals surface area contributed by atoms with E-state index in [1.165, 1.54) is 12.1 Å². The van der Waals surface area contributed by atoms with Crippen molar-refractivity contribution in [3.63, 3.8) is 0 Å². The number of carbonyl (C=O) groups excluding carboxylic acids is 1. The Bertz CT molecular complexity index is 1260. The van der Waals surface area contributed by atoms with Crippen LogP contribution in [0, 0.1) is 12.7 Å². The molecule has 0 radical (unpaired) electrons. The summed E-state index contributed by atoms with van der Waals surface area (Å²) in [5, 5.41) is 13.2. The number of halogens is 3. The van der Waals surface area contributed by atoms with Crippen molar-refractivity contribution in [2.45, 2.75) is 65.5 Å². The third-order valence-electron chi connectivity index (χ3n) is 6.40. The molecule has 33 heavy (non-hydrogen) atoms. The zero-order chi connectivity index (χ0) is 24.2. The zero-order valence-electron chi connectivity index (χ0n) is 19.5. The fourth-order valence-electron chi connectivity index (χ4n) is 4.52. The van der Waals surface area contributed by atoms with Gasteiger partial charge >= 0.3 is 0 Å². The van der Waals surface area contributed by atoms with Gasteiger partial charge in [0.25, 0.3) is 6.43 Å². The van der Waals surface area contributed by atoms with E-state index >= 15 is 0 Å². The largest absolute Gasteiger partial charge is 0.361 e. The van der Waals surface area contributed by atoms with E-state index < -0.39 is 29.3 Å². The number of hydrogen-bond donors (Lipinski definition) is 1. The summed E-state index contributed by atoms with van der Waals surface area (Å²) in [6.07, 6.45) is -2.90. The molecule has 0 saturated carbocycles. The van der Waals surface area contributed by atoms with Crippen molar-refractivity contribution < 1.29 is 18.0 Å². The lowest BCUT2D eigenvalue weighted by Crippen LogP contribution is -2.40. The quantitative estimate of drug-likeness (QED) is 0.495. The molecule has 0 saturated heterocycles. The van der Waals surface area contributed by atoms with E-state index in [4.69, 9.17) is 0 Å². The molecule has 1 N–H and O–H groups in total. The third-order valence-corrected chi connectivity index (χ3v) is 6.40. The highest BCUT2D eigenvalue weighted by atomic mass is 19.3. The Balaban J connectivity index is 1.84. The van der Waals surface area contributed by atoms with E-state index in [-0.39, 0.29) is 17.5 Å². The van der Waals surface area contributed by atoms with Crippen LogP contribution in [0.5, 0.6) is 0 Å². The summed E-state index contributed by atoms with van der Waals surface area (Å²) < 4.78 is 41.0. The number of amides is 1. The average Bonchev–Trinajstić information content (AvgIpc) is 2.94. The molecule has 0 fully saturated rings. The molecule has 2 aromatic carbocycles. The number of aromatic nitrogens is 2. The molecule has 5 nitrogen and oxygen atoms in total. The van der Waals surface area contributed by atoms with Gasteiger partial charge in [-0.2, -0.15) is 5.10 Å². The van der Waals surface area contributed by atoms with Crippen LogP contribution in [0.4, 0.5) is 24.7 Å². The lowest BCUT2D eigenvalue weighted by Gasteiger charge is -2.24.